The van der Waals surface area contributed by atoms with E-state index in [2.05, 4.69) is 6.92 Å². The molecular weight excluding hydrogens is 190 g/mol. The fraction of sp³-hybridized carbons (Fsp3) is 0.917. The van der Waals surface area contributed by atoms with E-state index in [-0.39, 0.29) is 6.09 Å². The fourth-order valence-electron chi connectivity index (χ4n) is 3.12. The van der Waals surface area contributed by atoms with Gasteiger partial charge in [0.25, 0.3) is 0 Å². The summed E-state index contributed by atoms with van der Waals surface area (Å²) in [6, 6.07) is 0.931. The summed E-state index contributed by atoms with van der Waals surface area (Å²) in [7, 11) is 0. The molecule has 2 saturated heterocycles. The van der Waals surface area contributed by atoms with Crippen molar-refractivity contribution in [2.75, 3.05) is 6.61 Å². The lowest BCUT2D eigenvalue weighted by molar-refractivity contribution is 0.0599. The quantitative estimate of drug-likeness (QED) is 0.703. The Labute approximate surface area is 91.8 Å². The van der Waals surface area contributed by atoms with E-state index < -0.39 is 0 Å². The van der Waals surface area contributed by atoms with Gasteiger partial charge in [0.15, 0.2) is 0 Å². The normalized spacial score (nSPS) is 34.3. The van der Waals surface area contributed by atoms with Gasteiger partial charge >= 0.3 is 6.09 Å². The van der Waals surface area contributed by atoms with Gasteiger partial charge in [0, 0.05) is 12.1 Å². The van der Waals surface area contributed by atoms with E-state index in [1.54, 1.807) is 0 Å². The highest BCUT2D eigenvalue weighted by Crippen LogP contribution is 2.39. The molecule has 2 heterocycles. The highest BCUT2D eigenvalue weighted by atomic mass is 16.6. The number of nitrogens with zero attached hydrogens (tertiary/aromatic N) is 1. The Kier molecular flexibility index (Phi) is 3.17. The van der Waals surface area contributed by atoms with Gasteiger partial charge in [-0.3, -0.25) is 0 Å². The molecule has 2 aliphatic rings. The van der Waals surface area contributed by atoms with Crippen LogP contribution in [0.5, 0.6) is 0 Å². The molecule has 86 valence electrons. The number of hydrogen-bond donors (Lipinski definition) is 0. The molecule has 0 radical (unpaired) electrons. The van der Waals surface area contributed by atoms with Crippen LogP contribution in [0.3, 0.4) is 0 Å². The van der Waals surface area contributed by atoms with Gasteiger partial charge in [-0.2, -0.15) is 0 Å². The van der Waals surface area contributed by atoms with Crippen molar-refractivity contribution < 1.29 is 9.53 Å². The van der Waals surface area contributed by atoms with Gasteiger partial charge in [-0.05, 0) is 38.5 Å². The second-order valence-electron chi connectivity index (χ2n) is 4.74. The standard InChI is InChI=1S/C12H21NO2/c1-3-9-7-10-5-6-11(8-9)13(10)12(14)15-4-2/h9-11H,3-8H2,1-2H3. The molecular formula is C12H21NO2. The van der Waals surface area contributed by atoms with Gasteiger partial charge in [0.2, 0.25) is 0 Å². The van der Waals surface area contributed by atoms with Crippen molar-refractivity contribution in [2.24, 2.45) is 5.92 Å². The molecule has 1 amide bonds. The van der Waals surface area contributed by atoms with E-state index in [0.717, 1.165) is 5.92 Å². The number of carbonyl (C=O) groups is 1. The van der Waals surface area contributed by atoms with Gasteiger partial charge < -0.3 is 9.64 Å². The topological polar surface area (TPSA) is 29.5 Å². The van der Waals surface area contributed by atoms with Crippen molar-refractivity contribution in [3.05, 3.63) is 0 Å². The first-order valence-electron chi connectivity index (χ1n) is 6.21. The number of amides is 1. The molecule has 2 fully saturated rings. The number of rotatable bonds is 2. The monoisotopic (exact) mass is 211 g/mol. The predicted molar refractivity (Wildman–Crippen MR) is 58.7 cm³/mol. The van der Waals surface area contributed by atoms with Crippen LogP contribution >= 0.6 is 0 Å². The number of ether oxygens (including phenoxy) is 1. The van der Waals surface area contributed by atoms with E-state index in [1.807, 2.05) is 11.8 Å². The molecule has 2 aliphatic heterocycles. The molecule has 2 unspecified atom stereocenters. The smallest absolute Gasteiger partial charge is 0.410 e. The summed E-state index contributed by atoms with van der Waals surface area (Å²) in [5.41, 5.74) is 0. The summed E-state index contributed by atoms with van der Waals surface area (Å²) < 4.78 is 5.12. The zero-order valence-electron chi connectivity index (χ0n) is 9.74. The van der Waals surface area contributed by atoms with Gasteiger partial charge in [0.1, 0.15) is 0 Å². The van der Waals surface area contributed by atoms with Gasteiger partial charge in [0.05, 0.1) is 6.61 Å². The van der Waals surface area contributed by atoms with Crippen LogP contribution in [-0.4, -0.2) is 29.7 Å². The van der Waals surface area contributed by atoms with Crippen LogP contribution in [-0.2, 0) is 4.74 Å². The van der Waals surface area contributed by atoms with Crippen molar-refractivity contribution in [1.29, 1.82) is 0 Å². The average Bonchev–Trinajstić information content (AvgIpc) is 2.50. The van der Waals surface area contributed by atoms with Crippen LogP contribution in [0.15, 0.2) is 0 Å². The maximum Gasteiger partial charge on any atom is 0.410 e. The lowest BCUT2D eigenvalue weighted by atomic mass is 9.89. The molecule has 0 aromatic rings. The van der Waals surface area contributed by atoms with E-state index in [0.29, 0.717) is 18.7 Å². The lowest BCUT2D eigenvalue weighted by Crippen LogP contribution is -2.46. The van der Waals surface area contributed by atoms with Gasteiger partial charge in [-0.1, -0.05) is 13.3 Å². The minimum Gasteiger partial charge on any atom is -0.450 e. The number of piperidine rings is 1. The van der Waals surface area contributed by atoms with E-state index in [1.165, 1.54) is 32.1 Å². The molecule has 0 aromatic carbocycles. The third-order valence-corrected chi connectivity index (χ3v) is 3.89. The zero-order chi connectivity index (χ0) is 10.8. The molecule has 3 nitrogen and oxygen atoms in total. The van der Waals surface area contributed by atoms with E-state index in [4.69, 9.17) is 4.74 Å². The summed E-state index contributed by atoms with van der Waals surface area (Å²) in [4.78, 5) is 13.8. The van der Waals surface area contributed by atoms with Crippen LogP contribution in [0.25, 0.3) is 0 Å². The second kappa shape index (κ2) is 4.42. The SMILES string of the molecule is CCOC(=O)N1C2CCC1CC(CC)C2. The first kappa shape index (κ1) is 10.8. The first-order valence-corrected chi connectivity index (χ1v) is 6.21. The molecule has 15 heavy (non-hydrogen) atoms. The Morgan fingerprint density at radius 2 is 1.87 bits per heavy atom. The molecule has 0 spiro atoms. The molecule has 0 aliphatic carbocycles. The molecule has 3 heteroatoms. The highest BCUT2D eigenvalue weighted by molar-refractivity contribution is 5.69. The first-order chi connectivity index (χ1) is 7.26. The highest BCUT2D eigenvalue weighted by Gasteiger charge is 2.43. The minimum atomic E-state index is -0.0837. The van der Waals surface area contributed by atoms with Crippen LogP contribution in [0, 0.1) is 5.92 Å². The summed E-state index contributed by atoms with van der Waals surface area (Å²) in [5, 5.41) is 0. The van der Waals surface area contributed by atoms with Crippen molar-refractivity contribution >= 4 is 6.09 Å². The summed E-state index contributed by atoms with van der Waals surface area (Å²) in [5.74, 6) is 0.827. The van der Waals surface area contributed by atoms with Gasteiger partial charge in [-0.15, -0.1) is 0 Å². The summed E-state index contributed by atoms with van der Waals surface area (Å²) in [6.45, 7) is 4.62. The average molecular weight is 211 g/mol. The third-order valence-electron chi connectivity index (χ3n) is 3.89. The Morgan fingerprint density at radius 1 is 1.27 bits per heavy atom. The number of hydrogen-bond acceptors (Lipinski definition) is 2. The Morgan fingerprint density at radius 3 is 2.33 bits per heavy atom. The van der Waals surface area contributed by atoms with E-state index in [9.17, 15) is 4.79 Å². The van der Waals surface area contributed by atoms with Crippen molar-refractivity contribution in [2.45, 2.75) is 58.0 Å². The number of fused-ring (bicyclic) bond motifs is 2. The Bertz CT molecular complexity index is 228. The summed E-state index contributed by atoms with van der Waals surface area (Å²) in [6.07, 6.45) is 5.90. The lowest BCUT2D eigenvalue weighted by Gasteiger charge is -2.37. The predicted octanol–water partition coefficient (Wildman–Crippen LogP) is 2.80. The van der Waals surface area contributed by atoms with Gasteiger partial charge in [-0.25, -0.2) is 4.79 Å². The van der Waals surface area contributed by atoms with Crippen molar-refractivity contribution in [3.63, 3.8) is 0 Å². The molecule has 0 N–H and O–H groups in total. The second-order valence-corrected chi connectivity index (χ2v) is 4.74. The molecule has 2 atom stereocenters. The summed E-state index contributed by atoms with van der Waals surface area (Å²) >= 11 is 0. The number of carbonyl (C=O) groups excluding carboxylic acids is 1. The van der Waals surface area contributed by atoms with Crippen molar-refractivity contribution in [1.82, 2.24) is 4.90 Å². The zero-order valence-corrected chi connectivity index (χ0v) is 9.74. The largest absolute Gasteiger partial charge is 0.450 e. The third kappa shape index (κ3) is 1.97. The van der Waals surface area contributed by atoms with Crippen LogP contribution in [0.2, 0.25) is 0 Å². The molecule has 2 bridgehead atoms. The molecule has 2 rings (SSSR count). The Balaban J connectivity index is 2.01. The van der Waals surface area contributed by atoms with Crippen molar-refractivity contribution in [3.8, 4) is 0 Å². The van der Waals surface area contributed by atoms with Crippen LogP contribution in [0.1, 0.15) is 46.0 Å². The van der Waals surface area contributed by atoms with Crippen LogP contribution in [0.4, 0.5) is 4.79 Å². The maximum atomic E-state index is 11.8. The molecule has 0 saturated carbocycles. The molecule has 0 aromatic heterocycles. The fourth-order valence-corrected chi connectivity index (χ4v) is 3.12. The maximum absolute atomic E-state index is 11.8. The minimum absolute atomic E-state index is 0.0837. The van der Waals surface area contributed by atoms with E-state index >= 15 is 0 Å². The van der Waals surface area contributed by atoms with Crippen LogP contribution < -0.4 is 0 Å². The Hall–Kier alpha value is -0.730.